The Balaban J connectivity index is 1.64. The van der Waals surface area contributed by atoms with Gasteiger partial charge in [0.15, 0.2) is 0 Å². The first-order valence-corrected chi connectivity index (χ1v) is 9.68. The number of thiazole rings is 1. The van der Waals surface area contributed by atoms with Crippen molar-refractivity contribution in [2.24, 2.45) is 0 Å². The topological polar surface area (TPSA) is 30.7 Å². The molecule has 0 unspecified atom stereocenters. The maximum Gasteiger partial charge on any atom is 0.211 e. The molecule has 0 saturated carbocycles. The van der Waals surface area contributed by atoms with Crippen LogP contribution in [-0.4, -0.2) is 14.8 Å². The predicted molar refractivity (Wildman–Crippen MR) is 99.6 cm³/mol. The molecule has 2 aromatic carbocycles. The summed E-state index contributed by atoms with van der Waals surface area (Å²) in [6.07, 6.45) is 1.86. The average molecular weight is 365 g/mol. The second-order valence-corrected chi connectivity index (χ2v) is 7.54. The number of hydrogen-bond donors (Lipinski definition) is 0. The van der Waals surface area contributed by atoms with Crippen LogP contribution in [0.15, 0.2) is 65.0 Å². The maximum absolute atomic E-state index is 14.2. The molecule has 3 nitrogen and oxygen atoms in total. The van der Waals surface area contributed by atoms with E-state index in [1.165, 1.54) is 17.8 Å². The fraction of sp³-hybridized carbons (Fsp3) is 0.0526. The van der Waals surface area contributed by atoms with Crippen LogP contribution >= 0.6 is 23.1 Å². The molecule has 0 aliphatic carbocycles. The summed E-state index contributed by atoms with van der Waals surface area (Å²) in [5, 5.41) is 7.36. The van der Waals surface area contributed by atoms with Gasteiger partial charge in [-0.2, -0.15) is 5.10 Å². The molecule has 0 N–H and O–H groups in total. The molecule has 2 aromatic heterocycles. The lowest BCUT2D eigenvalue weighted by Gasteiger charge is -2.17. The maximum atomic E-state index is 14.2. The molecule has 5 rings (SSSR count). The molecular formula is C19H12FN3S2. The van der Waals surface area contributed by atoms with E-state index in [1.54, 1.807) is 17.4 Å². The second-order valence-electron chi connectivity index (χ2n) is 5.72. The molecule has 0 bridgehead atoms. The Morgan fingerprint density at radius 2 is 1.92 bits per heavy atom. The van der Waals surface area contributed by atoms with Crippen molar-refractivity contribution < 1.29 is 4.39 Å². The van der Waals surface area contributed by atoms with Crippen LogP contribution in [0.2, 0.25) is 0 Å². The van der Waals surface area contributed by atoms with Gasteiger partial charge in [-0.3, -0.25) is 0 Å². The Kier molecular flexibility index (Phi) is 3.46. The van der Waals surface area contributed by atoms with Crippen LogP contribution in [0.25, 0.3) is 27.6 Å². The summed E-state index contributed by atoms with van der Waals surface area (Å²) in [6.45, 7) is 0. The first-order valence-electron chi connectivity index (χ1n) is 7.81. The van der Waals surface area contributed by atoms with E-state index in [0.29, 0.717) is 4.90 Å². The molecule has 122 valence electrons. The highest BCUT2D eigenvalue weighted by Crippen LogP contribution is 2.43. The molecule has 0 spiro atoms. The molecule has 0 saturated heterocycles. The van der Waals surface area contributed by atoms with Gasteiger partial charge < -0.3 is 0 Å². The van der Waals surface area contributed by atoms with Crippen molar-refractivity contribution in [1.82, 2.24) is 14.8 Å². The molecule has 3 heterocycles. The summed E-state index contributed by atoms with van der Waals surface area (Å²) in [4.78, 5) is 5.44. The zero-order valence-electron chi connectivity index (χ0n) is 13.0. The minimum atomic E-state index is -0.176. The van der Waals surface area contributed by atoms with Crippen LogP contribution < -0.4 is 0 Å². The van der Waals surface area contributed by atoms with Gasteiger partial charge in [0, 0.05) is 27.8 Å². The third-order valence-electron chi connectivity index (χ3n) is 4.18. The van der Waals surface area contributed by atoms with Gasteiger partial charge in [0.2, 0.25) is 5.13 Å². The SMILES string of the molecule is Fc1cccc2c1SCc1cnn(-c3nc(-c4ccccc4)cs3)c1-2. The second kappa shape index (κ2) is 5.82. The van der Waals surface area contributed by atoms with E-state index in [0.717, 1.165) is 39.0 Å². The first kappa shape index (κ1) is 14.9. The zero-order chi connectivity index (χ0) is 16.8. The lowest BCUT2D eigenvalue weighted by atomic mass is 10.1. The Bertz CT molecular complexity index is 1070. The van der Waals surface area contributed by atoms with Crippen molar-refractivity contribution >= 4 is 23.1 Å². The standard InChI is InChI=1S/C19H12FN3S2/c20-15-8-4-7-14-17-13(10-24-18(14)15)9-21-23(17)19-22-16(11-25-19)12-5-2-1-3-6-12/h1-9,11H,10H2. The van der Waals surface area contributed by atoms with Crippen molar-refractivity contribution in [2.45, 2.75) is 10.6 Å². The summed E-state index contributed by atoms with van der Waals surface area (Å²) >= 11 is 3.07. The highest BCUT2D eigenvalue weighted by atomic mass is 32.2. The summed E-state index contributed by atoms with van der Waals surface area (Å²) in [5.74, 6) is 0.546. The smallest absolute Gasteiger partial charge is 0.211 e. The summed E-state index contributed by atoms with van der Waals surface area (Å²) in [7, 11) is 0. The Morgan fingerprint density at radius 3 is 2.80 bits per heavy atom. The molecule has 0 atom stereocenters. The van der Waals surface area contributed by atoms with Crippen molar-refractivity contribution in [3.8, 4) is 27.6 Å². The fourth-order valence-corrected chi connectivity index (χ4v) is 4.85. The molecule has 25 heavy (non-hydrogen) atoms. The molecule has 6 heteroatoms. The summed E-state index contributed by atoms with van der Waals surface area (Å²) < 4.78 is 16.0. The number of benzene rings is 2. The number of aromatic nitrogens is 3. The monoisotopic (exact) mass is 365 g/mol. The van der Waals surface area contributed by atoms with Crippen LogP contribution in [0.1, 0.15) is 5.56 Å². The minimum Gasteiger partial charge on any atom is -0.218 e. The van der Waals surface area contributed by atoms with E-state index in [9.17, 15) is 4.39 Å². The third kappa shape index (κ3) is 2.41. The van der Waals surface area contributed by atoms with Gasteiger partial charge in [-0.15, -0.1) is 23.1 Å². The van der Waals surface area contributed by atoms with E-state index in [1.807, 2.05) is 52.7 Å². The van der Waals surface area contributed by atoms with Crippen LogP contribution in [0.3, 0.4) is 0 Å². The third-order valence-corrected chi connectivity index (χ3v) is 6.16. The fourth-order valence-electron chi connectivity index (χ4n) is 3.02. The Hall–Kier alpha value is -2.44. The Morgan fingerprint density at radius 1 is 1.04 bits per heavy atom. The first-order chi connectivity index (χ1) is 12.3. The number of fused-ring (bicyclic) bond motifs is 3. The van der Waals surface area contributed by atoms with Gasteiger partial charge in [0.1, 0.15) is 5.82 Å². The van der Waals surface area contributed by atoms with Crippen molar-refractivity contribution in [2.75, 3.05) is 0 Å². The number of hydrogen-bond acceptors (Lipinski definition) is 4. The van der Waals surface area contributed by atoms with Crippen molar-refractivity contribution in [3.63, 3.8) is 0 Å². The predicted octanol–water partition coefficient (Wildman–Crippen LogP) is 5.41. The van der Waals surface area contributed by atoms with Gasteiger partial charge in [-0.25, -0.2) is 14.1 Å². The molecule has 4 aromatic rings. The quantitative estimate of drug-likeness (QED) is 0.476. The summed E-state index contributed by atoms with van der Waals surface area (Å²) in [5.41, 5.74) is 4.95. The number of rotatable bonds is 2. The highest BCUT2D eigenvalue weighted by molar-refractivity contribution is 7.98. The molecule has 0 radical (unpaired) electrons. The van der Waals surface area contributed by atoms with Gasteiger partial charge in [-0.05, 0) is 6.07 Å². The molecule has 1 aliphatic rings. The zero-order valence-corrected chi connectivity index (χ0v) is 14.6. The average Bonchev–Trinajstić information content (AvgIpc) is 3.29. The van der Waals surface area contributed by atoms with Crippen LogP contribution in [0, 0.1) is 5.82 Å². The van der Waals surface area contributed by atoms with Gasteiger partial charge in [-0.1, -0.05) is 42.5 Å². The van der Waals surface area contributed by atoms with E-state index >= 15 is 0 Å². The van der Waals surface area contributed by atoms with Crippen LogP contribution in [0.4, 0.5) is 4.39 Å². The number of thioether (sulfide) groups is 1. The van der Waals surface area contributed by atoms with E-state index in [-0.39, 0.29) is 5.82 Å². The van der Waals surface area contributed by atoms with E-state index < -0.39 is 0 Å². The molecule has 1 aliphatic heterocycles. The number of nitrogens with zero attached hydrogens (tertiary/aromatic N) is 3. The molecule has 0 amide bonds. The van der Waals surface area contributed by atoms with E-state index in [2.05, 4.69) is 5.10 Å². The Labute approximate surface area is 152 Å². The lowest BCUT2D eigenvalue weighted by Crippen LogP contribution is -2.04. The lowest BCUT2D eigenvalue weighted by molar-refractivity contribution is 0.602. The van der Waals surface area contributed by atoms with Crippen LogP contribution in [0.5, 0.6) is 0 Å². The number of halogens is 1. The molecule has 0 fully saturated rings. The van der Waals surface area contributed by atoms with Crippen molar-refractivity contribution in [3.05, 3.63) is 71.5 Å². The summed E-state index contributed by atoms with van der Waals surface area (Å²) in [6, 6.07) is 15.3. The highest BCUT2D eigenvalue weighted by Gasteiger charge is 2.25. The normalized spacial score (nSPS) is 12.7. The van der Waals surface area contributed by atoms with Gasteiger partial charge in [0.25, 0.3) is 0 Å². The molecular weight excluding hydrogens is 353 g/mol. The van der Waals surface area contributed by atoms with E-state index in [4.69, 9.17) is 4.98 Å². The van der Waals surface area contributed by atoms with Gasteiger partial charge in [0.05, 0.1) is 22.5 Å². The van der Waals surface area contributed by atoms with Crippen LogP contribution in [-0.2, 0) is 5.75 Å². The largest absolute Gasteiger partial charge is 0.218 e. The van der Waals surface area contributed by atoms with Crippen molar-refractivity contribution in [1.29, 1.82) is 0 Å². The van der Waals surface area contributed by atoms with Gasteiger partial charge >= 0.3 is 0 Å². The minimum absolute atomic E-state index is 0.176.